The summed E-state index contributed by atoms with van der Waals surface area (Å²) in [5.41, 5.74) is 1.32. The normalized spacial score (nSPS) is 17.0. The fourth-order valence-electron chi connectivity index (χ4n) is 2.47. The third-order valence-corrected chi connectivity index (χ3v) is 4.83. The Balaban J connectivity index is 0.00000242. The second-order valence-corrected chi connectivity index (χ2v) is 6.56. The lowest BCUT2D eigenvalue weighted by Gasteiger charge is -2.37. The van der Waals surface area contributed by atoms with Gasteiger partial charge in [-0.05, 0) is 18.4 Å². The van der Waals surface area contributed by atoms with Crippen molar-refractivity contribution in [3.63, 3.8) is 0 Å². The van der Waals surface area contributed by atoms with Crippen LogP contribution in [0.25, 0.3) is 0 Å². The van der Waals surface area contributed by atoms with Gasteiger partial charge in [-0.15, -0.1) is 24.0 Å². The maximum absolute atomic E-state index is 4.42. The Bertz CT molecular complexity index is 447. The largest absolute Gasteiger partial charge is 0.368 e. The topological polar surface area (TPSA) is 30.9 Å². The number of rotatable bonds is 4. The summed E-state index contributed by atoms with van der Waals surface area (Å²) in [4.78, 5) is 9.21. The van der Waals surface area contributed by atoms with E-state index in [4.69, 9.17) is 0 Å². The number of benzene rings is 1. The minimum atomic E-state index is 0. The Morgan fingerprint density at radius 3 is 2.41 bits per heavy atom. The molecule has 6 heteroatoms. The maximum Gasteiger partial charge on any atom is 0.193 e. The molecule has 1 saturated heterocycles. The predicted molar refractivity (Wildman–Crippen MR) is 110 cm³/mol. The summed E-state index contributed by atoms with van der Waals surface area (Å²) in [6.07, 6.45) is 2.15. The minimum Gasteiger partial charge on any atom is -0.368 e. The molecule has 22 heavy (non-hydrogen) atoms. The van der Waals surface area contributed by atoms with Gasteiger partial charge < -0.3 is 15.1 Å². The summed E-state index contributed by atoms with van der Waals surface area (Å²) in [7, 11) is 1.87. The molecule has 1 unspecified atom stereocenters. The van der Waals surface area contributed by atoms with Crippen LogP contribution < -0.4 is 10.2 Å². The fraction of sp³-hybridized carbons (Fsp3) is 0.562. The van der Waals surface area contributed by atoms with E-state index >= 15 is 0 Å². The molecule has 0 aliphatic carbocycles. The van der Waals surface area contributed by atoms with Crippen LogP contribution >= 0.6 is 35.7 Å². The van der Waals surface area contributed by atoms with E-state index in [1.165, 1.54) is 5.69 Å². The number of hydrogen-bond donors (Lipinski definition) is 1. The van der Waals surface area contributed by atoms with Crippen molar-refractivity contribution < 1.29 is 0 Å². The van der Waals surface area contributed by atoms with Gasteiger partial charge in [0.15, 0.2) is 5.96 Å². The number of nitrogens with zero attached hydrogens (tertiary/aromatic N) is 3. The van der Waals surface area contributed by atoms with E-state index in [1.807, 2.05) is 18.8 Å². The smallest absolute Gasteiger partial charge is 0.193 e. The molecule has 0 radical (unpaired) electrons. The van der Waals surface area contributed by atoms with Crippen LogP contribution in [0.3, 0.4) is 0 Å². The van der Waals surface area contributed by atoms with Gasteiger partial charge >= 0.3 is 0 Å². The highest BCUT2D eigenvalue weighted by molar-refractivity contribution is 14.0. The minimum absolute atomic E-state index is 0. The molecule has 4 nitrogen and oxygen atoms in total. The zero-order valence-electron chi connectivity index (χ0n) is 13.7. The van der Waals surface area contributed by atoms with Gasteiger partial charge in [-0.3, -0.25) is 4.99 Å². The maximum atomic E-state index is 4.42. The number of aliphatic imine (C=N–C) groups is 1. The van der Waals surface area contributed by atoms with Gasteiger partial charge in [0.25, 0.3) is 0 Å². The lowest BCUT2D eigenvalue weighted by Crippen LogP contribution is -2.53. The van der Waals surface area contributed by atoms with Gasteiger partial charge in [0.05, 0.1) is 0 Å². The molecule has 0 spiro atoms. The summed E-state index contributed by atoms with van der Waals surface area (Å²) >= 11 is 1.88. The molecule has 0 amide bonds. The van der Waals surface area contributed by atoms with Crippen LogP contribution in [0, 0.1) is 0 Å². The van der Waals surface area contributed by atoms with E-state index in [2.05, 4.69) is 63.6 Å². The molecule has 1 atom stereocenters. The number of anilines is 1. The molecule has 124 valence electrons. The Hall–Kier alpha value is -0.630. The molecule has 1 aromatic carbocycles. The van der Waals surface area contributed by atoms with Crippen LogP contribution in [-0.4, -0.2) is 62.1 Å². The zero-order valence-corrected chi connectivity index (χ0v) is 16.8. The number of hydrogen-bond acceptors (Lipinski definition) is 3. The number of piperazine rings is 1. The first-order valence-corrected chi connectivity index (χ1v) is 8.81. The summed E-state index contributed by atoms with van der Waals surface area (Å²) in [6, 6.07) is 10.6. The van der Waals surface area contributed by atoms with Crippen molar-refractivity contribution >= 4 is 47.4 Å². The molecule has 1 N–H and O–H groups in total. The number of guanidine groups is 1. The molecule has 1 heterocycles. The highest BCUT2D eigenvalue weighted by Crippen LogP contribution is 2.15. The molecular weight excluding hydrogens is 407 g/mol. The molecule has 1 fully saturated rings. The Kier molecular flexibility index (Phi) is 9.00. The lowest BCUT2D eigenvalue weighted by molar-refractivity contribution is 0.373. The molecular formula is C16H27IN4S. The fourth-order valence-corrected chi connectivity index (χ4v) is 2.72. The first-order valence-electron chi connectivity index (χ1n) is 7.53. The average molecular weight is 434 g/mol. The molecule has 0 bridgehead atoms. The van der Waals surface area contributed by atoms with E-state index in [0.29, 0.717) is 5.25 Å². The lowest BCUT2D eigenvalue weighted by atomic mass is 10.2. The molecule has 0 aromatic heterocycles. The van der Waals surface area contributed by atoms with E-state index in [-0.39, 0.29) is 24.0 Å². The number of thioether (sulfide) groups is 1. The van der Waals surface area contributed by atoms with Crippen LogP contribution in [-0.2, 0) is 0 Å². The van der Waals surface area contributed by atoms with Gasteiger partial charge in [0.1, 0.15) is 0 Å². The van der Waals surface area contributed by atoms with Crippen LogP contribution in [0.2, 0.25) is 0 Å². The van der Waals surface area contributed by atoms with Crippen molar-refractivity contribution in [2.24, 2.45) is 4.99 Å². The van der Waals surface area contributed by atoms with Crippen LogP contribution in [0.5, 0.6) is 0 Å². The average Bonchev–Trinajstić information content (AvgIpc) is 2.56. The van der Waals surface area contributed by atoms with Gasteiger partial charge in [-0.1, -0.05) is 25.1 Å². The quantitative estimate of drug-likeness (QED) is 0.449. The van der Waals surface area contributed by atoms with Crippen molar-refractivity contribution in [3.8, 4) is 0 Å². The molecule has 2 rings (SSSR count). The summed E-state index contributed by atoms with van der Waals surface area (Å²) < 4.78 is 0. The monoisotopic (exact) mass is 434 g/mol. The van der Waals surface area contributed by atoms with Crippen molar-refractivity contribution in [1.82, 2.24) is 10.2 Å². The highest BCUT2D eigenvalue weighted by Gasteiger charge is 2.19. The summed E-state index contributed by atoms with van der Waals surface area (Å²) in [6.45, 7) is 7.32. The third kappa shape index (κ3) is 5.53. The number of halogens is 1. The van der Waals surface area contributed by atoms with Crippen molar-refractivity contribution in [1.29, 1.82) is 0 Å². The number of para-hydroxylation sites is 1. The van der Waals surface area contributed by atoms with E-state index in [1.54, 1.807) is 0 Å². The molecule has 1 aliphatic heterocycles. The van der Waals surface area contributed by atoms with Gasteiger partial charge in [0, 0.05) is 50.7 Å². The van der Waals surface area contributed by atoms with E-state index < -0.39 is 0 Å². The zero-order chi connectivity index (χ0) is 15.1. The Morgan fingerprint density at radius 2 is 1.86 bits per heavy atom. The second-order valence-electron chi connectivity index (χ2n) is 5.28. The van der Waals surface area contributed by atoms with Crippen LogP contribution in [0.15, 0.2) is 35.3 Å². The van der Waals surface area contributed by atoms with E-state index in [9.17, 15) is 0 Å². The summed E-state index contributed by atoms with van der Waals surface area (Å²) in [5, 5.41) is 4.09. The Labute approximate surface area is 155 Å². The van der Waals surface area contributed by atoms with Crippen molar-refractivity contribution in [3.05, 3.63) is 30.3 Å². The molecule has 0 saturated carbocycles. The first-order chi connectivity index (χ1) is 10.2. The van der Waals surface area contributed by atoms with Crippen LogP contribution in [0.4, 0.5) is 5.69 Å². The standard InChI is InChI=1S/C16H26N4S.HI/c1-14(21-3)13-18-16(17-2)20-11-9-19(10-12-20)15-7-5-4-6-8-15;/h4-8,14H,9-13H2,1-3H3,(H,17,18);1H. The highest BCUT2D eigenvalue weighted by atomic mass is 127. The predicted octanol–water partition coefficient (Wildman–Crippen LogP) is 2.75. The van der Waals surface area contributed by atoms with E-state index in [0.717, 1.165) is 38.7 Å². The van der Waals surface area contributed by atoms with Crippen molar-refractivity contribution in [2.75, 3.05) is 50.9 Å². The summed E-state index contributed by atoms with van der Waals surface area (Å²) in [5.74, 6) is 1.03. The van der Waals surface area contributed by atoms with Crippen molar-refractivity contribution in [2.45, 2.75) is 12.2 Å². The van der Waals surface area contributed by atoms with Gasteiger partial charge in [-0.2, -0.15) is 11.8 Å². The third-order valence-electron chi connectivity index (χ3n) is 3.86. The number of nitrogens with one attached hydrogen (secondary N) is 1. The van der Waals surface area contributed by atoms with Gasteiger partial charge in [-0.25, -0.2) is 0 Å². The first kappa shape index (κ1) is 19.4. The molecule has 1 aliphatic rings. The molecule has 1 aromatic rings. The Morgan fingerprint density at radius 1 is 1.23 bits per heavy atom. The SMILES string of the molecule is CN=C(NCC(C)SC)N1CCN(c2ccccc2)CC1.I. The second kappa shape index (κ2) is 10.2. The van der Waals surface area contributed by atoms with Crippen LogP contribution in [0.1, 0.15) is 6.92 Å². The van der Waals surface area contributed by atoms with Gasteiger partial charge in [0.2, 0.25) is 0 Å².